The molecule has 0 saturated heterocycles. The van der Waals surface area contributed by atoms with Gasteiger partial charge < -0.3 is 10.1 Å². The topological polar surface area (TPSA) is 87.7 Å². The molecule has 7 nitrogen and oxygen atoms in total. The summed E-state index contributed by atoms with van der Waals surface area (Å²) in [5.41, 5.74) is 0. The van der Waals surface area contributed by atoms with Crippen molar-refractivity contribution in [1.82, 2.24) is 15.5 Å². The van der Waals surface area contributed by atoms with Crippen LogP contribution in [0.3, 0.4) is 0 Å². The van der Waals surface area contributed by atoms with Crippen LogP contribution in [0.4, 0.5) is 4.79 Å². The molecule has 0 aromatic carbocycles. The molecule has 0 saturated carbocycles. The van der Waals surface area contributed by atoms with Gasteiger partial charge in [-0.05, 0) is 20.4 Å². The Hall–Kier alpha value is -1.63. The van der Waals surface area contributed by atoms with E-state index in [0.717, 1.165) is 6.42 Å². The van der Waals surface area contributed by atoms with Gasteiger partial charge in [0, 0.05) is 13.1 Å². The molecule has 110 valence electrons. The Morgan fingerprint density at radius 3 is 2.47 bits per heavy atom. The highest BCUT2D eigenvalue weighted by molar-refractivity contribution is 5.95. The number of hydrogen-bond acceptors (Lipinski definition) is 5. The Bertz CT molecular complexity index is 307. The average Bonchev–Trinajstić information content (AvgIpc) is 2.34. The van der Waals surface area contributed by atoms with Gasteiger partial charge in [-0.1, -0.05) is 6.92 Å². The van der Waals surface area contributed by atoms with E-state index >= 15 is 0 Å². The van der Waals surface area contributed by atoms with E-state index in [2.05, 4.69) is 10.6 Å². The first-order valence-corrected chi connectivity index (χ1v) is 6.41. The van der Waals surface area contributed by atoms with Crippen molar-refractivity contribution in [2.45, 2.75) is 26.7 Å². The number of ether oxygens (including phenoxy) is 1. The summed E-state index contributed by atoms with van der Waals surface area (Å²) in [7, 11) is 1.70. The van der Waals surface area contributed by atoms with Crippen molar-refractivity contribution in [3.05, 3.63) is 0 Å². The van der Waals surface area contributed by atoms with Crippen molar-refractivity contribution in [2.75, 3.05) is 33.3 Å². The van der Waals surface area contributed by atoms with Crippen molar-refractivity contribution < 1.29 is 19.1 Å². The minimum atomic E-state index is -0.495. The number of imide groups is 1. The first kappa shape index (κ1) is 17.4. The van der Waals surface area contributed by atoms with Crippen LogP contribution in [0, 0.1) is 0 Å². The minimum Gasteiger partial charge on any atom is -0.466 e. The van der Waals surface area contributed by atoms with E-state index in [1.165, 1.54) is 0 Å². The molecule has 3 amide bonds. The molecular weight excluding hydrogens is 250 g/mol. The van der Waals surface area contributed by atoms with Gasteiger partial charge in [-0.15, -0.1) is 0 Å². The first-order valence-electron chi connectivity index (χ1n) is 6.41. The number of carbonyl (C=O) groups is 3. The molecule has 0 heterocycles. The molecule has 0 radical (unpaired) electrons. The second kappa shape index (κ2) is 10.3. The average molecular weight is 273 g/mol. The summed E-state index contributed by atoms with van der Waals surface area (Å²) >= 11 is 0. The van der Waals surface area contributed by atoms with Crippen LogP contribution >= 0.6 is 0 Å². The van der Waals surface area contributed by atoms with E-state index < -0.39 is 11.9 Å². The second-order valence-electron chi connectivity index (χ2n) is 4.10. The Morgan fingerprint density at radius 1 is 1.21 bits per heavy atom. The number of nitrogens with one attached hydrogen (secondary N) is 2. The largest absolute Gasteiger partial charge is 0.466 e. The smallest absolute Gasteiger partial charge is 0.321 e. The third-order valence-electron chi connectivity index (χ3n) is 2.21. The normalized spacial score (nSPS) is 10.1. The molecule has 0 aliphatic carbocycles. The van der Waals surface area contributed by atoms with Crippen LogP contribution in [0.5, 0.6) is 0 Å². The number of amides is 3. The standard InChI is InChI=1S/C12H23N3O4/c1-4-7-13-12(18)14-10(16)9-15(3)8-6-11(17)19-5-2/h4-9H2,1-3H3,(H2,13,14,16,18). The van der Waals surface area contributed by atoms with Crippen LogP contribution in [0.2, 0.25) is 0 Å². The number of urea groups is 1. The SMILES string of the molecule is CCCNC(=O)NC(=O)CN(C)CCC(=O)OCC. The molecule has 19 heavy (non-hydrogen) atoms. The fourth-order valence-electron chi connectivity index (χ4n) is 1.29. The monoisotopic (exact) mass is 273 g/mol. The number of carbonyl (C=O) groups excluding carboxylic acids is 3. The van der Waals surface area contributed by atoms with Crippen LogP contribution in [-0.4, -0.2) is 56.1 Å². The Labute approximate surface area is 113 Å². The summed E-state index contributed by atoms with van der Waals surface area (Å²) < 4.78 is 4.78. The lowest BCUT2D eigenvalue weighted by Crippen LogP contribution is -2.44. The van der Waals surface area contributed by atoms with Crippen molar-refractivity contribution in [2.24, 2.45) is 0 Å². The maximum Gasteiger partial charge on any atom is 0.321 e. The van der Waals surface area contributed by atoms with Gasteiger partial charge in [-0.25, -0.2) is 4.79 Å². The first-order chi connectivity index (χ1) is 8.99. The highest BCUT2D eigenvalue weighted by atomic mass is 16.5. The van der Waals surface area contributed by atoms with Crippen molar-refractivity contribution >= 4 is 17.9 Å². The molecule has 0 atom stereocenters. The van der Waals surface area contributed by atoms with Crippen LogP contribution in [0.15, 0.2) is 0 Å². The molecule has 0 aromatic rings. The summed E-state index contributed by atoms with van der Waals surface area (Å²) in [6.45, 7) is 5.00. The predicted octanol–water partition coefficient (Wildman–Crippen LogP) is 0.107. The quantitative estimate of drug-likeness (QED) is 0.613. The van der Waals surface area contributed by atoms with Crippen LogP contribution < -0.4 is 10.6 Å². The zero-order valence-corrected chi connectivity index (χ0v) is 11.8. The lowest BCUT2D eigenvalue weighted by Gasteiger charge is -2.15. The van der Waals surface area contributed by atoms with Crippen LogP contribution in [0.25, 0.3) is 0 Å². The zero-order valence-electron chi connectivity index (χ0n) is 11.8. The molecule has 0 bridgehead atoms. The van der Waals surface area contributed by atoms with E-state index in [9.17, 15) is 14.4 Å². The third kappa shape index (κ3) is 10.0. The van der Waals surface area contributed by atoms with Crippen LogP contribution in [-0.2, 0) is 14.3 Å². The lowest BCUT2D eigenvalue weighted by atomic mass is 10.4. The van der Waals surface area contributed by atoms with Gasteiger partial charge in [-0.3, -0.25) is 19.8 Å². The zero-order chi connectivity index (χ0) is 14.7. The third-order valence-corrected chi connectivity index (χ3v) is 2.21. The molecular formula is C12H23N3O4. The minimum absolute atomic E-state index is 0.0545. The number of likely N-dealkylation sites (N-methyl/N-ethyl adjacent to an activating group) is 1. The highest BCUT2D eigenvalue weighted by Gasteiger charge is 2.11. The molecule has 7 heteroatoms. The Morgan fingerprint density at radius 2 is 1.89 bits per heavy atom. The van der Waals surface area contributed by atoms with Gasteiger partial charge in [0.15, 0.2) is 0 Å². The van der Waals surface area contributed by atoms with E-state index in [-0.39, 0.29) is 18.9 Å². The maximum atomic E-state index is 11.5. The van der Waals surface area contributed by atoms with Gasteiger partial charge >= 0.3 is 12.0 Å². The van der Waals surface area contributed by atoms with Gasteiger partial charge in [0.1, 0.15) is 0 Å². The van der Waals surface area contributed by atoms with E-state index in [1.54, 1.807) is 18.9 Å². The second-order valence-corrected chi connectivity index (χ2v) is 4.10. The summed E-state index contributed by atoms with van der Waals surface area (Å²) in [6.07, 6.45) is 1.03. The number of hydrogen-bond donors (Lipinski definition) is 2. The number of esters is 1. The molecule has 0 spiro atoms. The number of rotatable bonds is 8. The van der Waals surface area contributed by atoms with Crippen LogP contribution in [0.1, 0.15) is 26.7 Å². The van der Waals surface area contributed by atoms with E-state index in [1.807, 2.05) is 6.92 Å². The summed E-state index contributed by atoms with van der Waals surface area (Å²) in [6, 6.07) is -0.495. The van der Waals surface area contributed by atoms with Crippen molar-refractivity contribution in [3.8, 4) is 0 Å². The lowest BCUT2D eigenvalue weighted by molar-refractivity contribution is -0.143. The van der Waals surface area contributed by atoms with Crippen molar-refractivity contribution in [1.29, 1.82) is 0 Å². The molecule has 0 unspecified atom stereocenters. The maximum absolute atomic E-state index is 11.5. The predicted molar refractivity (Wildman–Crippen MR) is 70.6 cm³/mol. The molecule has 2 N–H and O–H groups in total. The fraction of sp³-hybridized carbons (Fsp3) is 0.750. The molecule has 0 aliphatic rings. The summed E-state index contributed by atoms with van der Waals surface area (Å²) in [5.74, 6) is -0.699. The summed E-state index contributed by atoms with van der Waals surface area (Å²) in [5, 5.41) is 4.75. The summed E-state index contributed by atoms with van der Waals surface area (Å²) in [4.78, 5) is 35.4. The molecule has 0 rings (SSSR count). The number of nitrogens with zero attached hydrogens (tertiary/aromatic N) is 1. The van der Waals surface area contributed by atoms with Gasteiger partial charge in [-0.2, -0.15) is 0 Å². The van der Waals surface area contributed by atoms with Gasteiger partial charge in [0.25, 0.3) is 0 Å². The Kier molecular flexibility index (Phi) is 9.42. The fourth-order valence-corrected chi connectivity index (χ4v) is 1.29. The van der Waals surface area contributed by atoms with E-state index in [4.69, 9.17) is 4.74 Å². The Balaban J connectivity index is 3.80. The van der Waals surface area contributed by atoms with E-state index in [0.29, 0.717) is 19.7 Å². The van der Waals surface area contributed by atoms with Gasteiger partial charge in [0.2, 0.25) is 5.91 Å². The molecule has 0 aliphatic heterocycles. The molecule has 0 aromatic heterocycles. The van der Waals surface area contributed by atoms with Crippen molar-refractivity contribution in [3.63, 3.8) is 0 Å². The highest BCUT2D eigenvalue weighted by Crippen LogP contribution is 1.91. The van der Waals surface area contributed by atoms with Gasteiger partial charge in [0.05, 0.1) is 19.6 Å². The molecule has 0 fully saturated rings.